The molecule has 0 bridgehead atoms. The van der Waals surface area contributed by atoms with Gasteiger partial charge in [-0.25, -0.2) is 0 Å². The van der Waals surface area contributed by atoms with Crippen LogP contribution in [0.2, 0.25) is 0 Å². The van der Waals surface area contributed by atoms with Gasteiger partial charge in [0.25, 0.3) is 0 Å². The van der Waals surface area contributed by atoms with Crippen molar-refractivity contribution in [2.45, 2.75) is 38.9 Å². The summed E-state index contributed by atoms with van der Waals surface area (Å²) in [4.78, 5) is 0. The molecule has 0 aliphatic heterocycles. The molecule has 2 heteroatoms. The Morgan fingerprint density at radius 3 is 1.44 bits per heavy atom. The van der Waals surface area contributed by atoms with Crippen LogP contribution in [0.1, 0.15) is 26.7 Å². The Bertz CT molecular complexity index is 93.5. The van der Waals surface area contributed by atoms with Crippen molar-refractivity contribution < 1.29 is 10.2 Å². The fourth-order valence-electron chi connectivity index (χ4n) is 1.33. The summed E-state index contributed by atoms with van der Waals surface area (Å²) < 4.78 is 0. The van der Waals surface area contributed by atoms with Gasteiger partial charge in [0.15, 0.2) is 0 Å². The summed E-state index contributed by atoms with van der Waals surface area (Å²) >= 11 is 0. The first kappa shape index (κ1) is 7.03. The second-order valence-electron chi connectivity index (χ2n) is 3.09. The van der Waals surface area contributed by atoms with Gasteiger partial charge in [-0.05, 0) is 26.7 Å². The molecule has 54 valence electrons. The van der Waals surface area contributed by atoms with Gasteiger partial charge in [0.2, 0.25) is 0 Å². The lowest BCUT2D eigenvalue weighted by molar-refractivity contribution is 0.0143. The van der Waals surface area contributed by atoms with Gasteiger partial charge in [0.05, 0.1) is 12.2 Å². The highest BCUT2D eigenvalue weighted by Gasteiger charge is 2.50. The van der Waals surface area contributed by atoms with Crippen LogP contribution in [-0.2, 0) is 0 Å². The number of rotatable bonds is 2. The molecule has 0 saturated heterocycles. The van der Waals surface area contributed by atoms with Crippen molar-refractivity contribution in [3.05, 3.63) is 0 Å². The molecule has 0 radical (unpaired) electrons. The third-order valence-corrected chi connectivity index (χ3v) is 2.49. The van der Waals surface area contributed by atoms with Crippen LogP contribution in [0.15, 0.2) is 0 Å². The van der Waals surface area contributed by atoms with Crippen LogP contribution in [0.25, 0.3) is 0 Å². The maximum atomic E-state index is 9.15. The average Bonchev–Trinajstić information content (AvgIpc) is 2.40. The fraction of sp³-hybridized carbons (Fsp3) is 1.00. The molecule has 0 aromatic carbocycles. The molecular weight excluding hydrogens is 116 g/mol. The van der Waals surface area contributed by atoms with Crippen LogP contribution >= 0.6 is 0 Å². The van der Waals surface area contributed by atoms with E-state index in [0.717, 1.165) is 12.8 Å². The van der Waals surface area contributed by atoms with Crippen molar-refractivity contribution in [3.63, 3.8) is 0 Å². The lowest BCUT2D eigenvalue weighted by atomic mass is 9.95. The maximum absolute atomic E-state index is 9.15. The Morgan fingerprint density at radius 1 is 1.11 bits per heavy atom. The van der Waals surface area contributed by atoms with Crippen LogP contribution in [0.5, 0.6) is 0 Å². The predicted octanol–water partition coefficient (Wildman–Crippen LogP) is 0.528. The third-order valence-electron chi connectivity index (χ3n) is 2.49. The highest BCUT2D eigenvalue weighted by Crippen LogP contribution is 2.51. The Morgan fingerprint density at radius 2 is 1.44 bits per heavy atom. The zero-order valence-electron chi connectivity index (χ0n) is 5.96. The van der Waals surface area contributed by atoms with Gasteiger partial charge in [-0.15, -0.1) is 0 Å². The van der Waals surface area contributed by atoms with Gasteiger partial charge in [-0.1, -0.05) is 0 Å². The van der Waals surface area contributed by atoms with E-state index in [1.54, 1.807) is 13.8 Å². The van der Waals surface area contributed by atoms with Gasteiger partial charge in [-0.3, -0.25) is 0 Å². The van der Waals surface area contributed by atoms with E-state index >= 15 is 0 Å². The van der Waals surface area contributed by atoms with Crippen molar-refractivity contribution >= 4 is 0 Å². The Balaban J connectivity index is 2.52. The van der Waals surface area contributed by atoms with Crippen molar-refractivity contribution in [1.82, 2.24) is 0 Å². The first-order valence-corrected chi connectivity index (χ1v) is 3.46. The summed E-state index contributed by atoms with van der Waals surface area (Å²) in [5, 5.41) is 18.3. The van der Waals surface area contributed by atoms with Crippen LogP contribution < -0.4 is 0 Å². The molecule has 0 aromatic rings. The zero-order valence-corrected chi connectivity index (χ0v) is 5.96. The molecule has 1 saturated carbocycles. The number of hydrogen-bond donors (Lipinski definition) is 2. The second-order valence-corrected chi connectivity index (χ2v) is 3.09. The van der Waals surface area contributed by atoms with Crippen molar-refractivity contribution in [3.8, 4) is 0 Å². The molecule has 1 fully saturated rings. The van der Waals surface area contributed by atoms with Crippen LogP contribution in [0, 0.1) is 5.41 Å². The van der Waals surface area contributed by atoms with Crippen molar-refractivity contribution in [1.29, 1.82) is 0 Å². The van der Waals surface area contributed by atoms with E-state index in [-0.39, 0.29) is 17.6 Å². The molecule has 0 aromatic heterocycles. The normalized spacial score (nSPS) is 29.3. The van der Waals surface area contributed by atoms with E-state index < -0.39 is 0 Å². The van der Waals surface area contributed by atoms with E-state index in [1.165, 1.54) is 0 Å². The summed E-state index contributed by atoms with van der Waals surface area (Å²) in [5.74, 6) is 0. The molecule has 0 unspecified atom stereocenters. The molecule has 0 spiro atoms. The van der Waals surface area contributed by atoms with Crippen LogP contribution in [0.3, 0.4) is 0 Å². The average molecular weight is 130 g/mol. The number of aliphatic hydroxyl groups is 2. The minimum atomic E-state index is -0.350. The lowest BCUT2D eigenvalue weighted by Gasteiger charge is -2.21. The monoisotopic (exact) mass is 130 g/mol. The zero-order chi connectivity index (χ0) is 7.07. The van der Waals surface area contributed by atoms with E-state index in [1.807, 2.05) is 0 Å². The third kappa shape index (κ3) is 0.970. The Hall–Kier alpha value is -0.0800. The Labute approximate surface area is 55.5 Å². The number of hydrogen-bond acceptors (Lipinski definition) is 2. The number of aliphatic hydroxyl groups excluding tert-OH is 2. The predicted molar refractivity (Wildman–Crippen MR) is 35.0 cm³/mol. The summed E-state index contributed by atoms with van der Waals surface area (Å²) in [6.07, 6.45) is 1.25. The van der Waals surface area contributed by atoms with Gasteiger partial charge in [0, 0.05) is 5.41 Å². The quantitative estimate of drug-likeness (QED) is 0.572. The van der Waals surface area contributed by atoms with Gasteiger partial charge in [0.1, 0.15) is 0 Å². The molecule has 0 amide bonds. The molecule has 2 nitrogen and oxygen atoms in total. The first-order chi connectivity index (χ1) is 4.09. The molecule has 2 N–H and O–H groups in total. The SMILES string of the molecule is C[C@@H](O)C1([C@@H](C)O)CC1. The van der Waals surface area contributed by atoms with E-state index in [0.29, 0.717) is 0 Å². The van der Waals surface area contributed by atoms with E-state index in [9.17, 15) is 0 Å². The van der Waals surface area contributed by atoms with E-state index in [2.05, 4.69) is 0 Å². The maximum Gasteiger partial charge on any atom is 0.0592 e. The minimum absolute atomic E-state index is 0.139. The van der Waals surface area contributed by atoms with Crippen molar-refractivity contribution in [2.24, 2.45) is 5.41 Å². The summed E-state index contributed by atoms with van der Waals surface area (Å²) in [5.41, 5.74) is -0.139. The minimum Gasteiger partial charge on any atom is -0.393 e. The molecular formula is C7H14O2. The first-order valence-electron chi connectivity index (χ1n) is 3.46. The molecule has 1 aliphatic carbocycles. The second kappa shape index (κ2) is 1.96. The topological polar surface area (TPSA) is 40.5 Å². The summed E-state index contributed by atoms with van der Waals surface area (Å²) in [6, 6.07) is 0. The standard InChI is InChI=1S/C7H14O2/c1-5(8)7(3-4-7)6(2)9/h5-6,8-9H,3-4H2,1-2H3/t5-,6-/m1/s1. The molecule has 1 aliphatic rings. The highest BCUT2D eigenvalue weighted by atomic mass is 16.3. The molecule has 9 heavy (non-hydrogen) atoms. The highest BCUT2D eigenvalue weighted by molar-refractivity contribution is 5.00. The van der Waals surface area contributed by atoms with Gasteiger partial charge >= 0.3 is 0 Å². The smallest absolute Gasteiger partial charge is 0.0592 e. The molecule has 0 heterocycles. The fourth-order valence-corrected chi connectivity index (χ4v) is 1.33. The largest absolute Gasteiger partial charge is 0.393 e. The van der Waals surface area contributed by atoms with Crippen LogP contribution in [0.4, 0.5) is 0 Å². The molecule has 2 atom stereocenters. The van der Waals surface area contributed by atoms with Gasteiger partial charge in [-0.2, -0.15) is 0 Å². The van der Waals surface area contributed by atoms with E-state index in [4.69, 9.17) is 10.2 Å². The van der Waals surface area contributed by atoms with Crippen LogP contribution in [-0.4, -0.2) is 22.4 Å². The lowest BCUT2D eigenvalue weighted by Crippen LogP contribution is -2.29. The van der Waals surface area contributed by atoms with Crippen molar-refractivity contribution in [2.75, 3.05) is 0 Å². The summed E-state index contributed by atoms with van der Waals surface area (Å²) in [7, 11) is 0. The van der Waals surface area contributed by atoms with Gasteiger partial charge < -0.3 is 10.2 Å². The molecule has 1 rings (SSSR count). The summed E-state index contributed by atoms with van der Waals surface area (Å²) in [6.45, 7) is 3.50. The Kier molecular flexibility index (Phi) is 1.53.